The van der Waals surface area contributed by atoms with Gasteiger partial charge in [-0.05, 0) is 41.7 Å². The molecule has 3 nitrogen and oxygen atoms in total. The van der Waals surface area contributed by atoms with Gasteiger partial charge in [-0.15, -0.1) is 0 Å². The minimum Gasteiger partial charge on any atom is -0.411 e. The van der Waals surface area contributed by atoms with E-state index >= 15 is 0 Å². The first kappa shape index (κ1) is 27.3. The summed E-state index contributed by atoms with van der Waals surface area (Å²) in [6.07, 6.45) is -0.904. The van der Waals surface area contributed by atoms with E-state index in [1.54, 1.807) is 0 Å². The summed E-state index contributed by atoms with van der Waals surface area (Å²) in [7, 11) is -2.08. The van der Waals surface area contributed by atoms with Crippen LogP contribution in [0.1, 0.15) is 51.3 Å². The van der Waals surface area contributed by atoms with E-state index in [1.165, 1.54) is 0 Å². The van der Waals surface area contributed by atoms with Crippen LogP contribution < -0.4 is 0 Å². The van der Waals surface area contributed by atoms with Crippen molar-refractivity contribution in [2.24, 2.45) is 5.92 Å². The molecule has 188 valence electrons. The molecule has 3 atom stereocenters. The number of benzene rings is 3. The molecule has 0 aliphatic carbocycles. The molecule has 0 aliphatic rings. The highest BCUT2D eigenvalue weighted by atomic mass is 28.4. The lowest BCUT2D eigenvalue weighted by Gasteiger charge is -2.43. The molecule has 0 saturated carbocycles. The van der Waals surface area contributed by atoms with Crippen LogP contribution in [0.2, 0.25) is 18.1 Å². The highest BCUT2D eigenvalue weighted by Crippen LogP contribution is 2.42. The monoisotopic (exact) mass is 490 g/mol. The fraction of sp³-hybridized carbons (Fsp3) is 0.419. The topological polar surface area (TPSA) is 38.7 Å². The van der Waals surface area contributed by atoms with Crippen LogP contribution >= 0.6 is 0 Å². The van der Waals surface area contributed by atoms with Gasteiger partial charge in [0.05, 0.1) is 18.8 Å². The normalized spacial score (nSPS) is 15.4. The highest BCUT2D eigenvalue weighted by Gasteiger charge is 2.43. The van der Waals surface area contributed by atoms with Gasteiger partial charge in [0, 0.05) is 5.92 Å². The van der Waals surface area contributed by atoms with E-state index in [4.69, 9.17) is 9.16 Å². The number of aliphatic hydroxyl groups excluding tert-OH is 1. The predicted molar refractivity (Wildman–Crippen MR) is 148 cm³/mol. The average Bonchev–Trinajstić information content (AvgIpc) is 2.84. The third-order valence-corrected chi connectivity index (χ3v) is 11.9. The zero-order chi connectivity index (χ0) is 25.7. The lowest BCUT2D eigenvalue weighted by molar-refractivity contribution is -0.0581. The minimum absolute atomic E-state index is 0.0142. The Morgan fingerprint density at radius 3 is 1.40 bits per heavy atom. The summed E-state index contributed by atoms with van der Waals surface area (Å²) < 4.78 is 13.7. The van der Waals surface area contributed by atoms with Gasteiger partial charge < -0.3 is 14.3 Å². The number of hydrogen-bond acceptors (Lipinski definition) is 3. The van der Waals surface area contributed by atoms with E-state index in [0.29, 0.717) is 6.61 Å². The average molecular weight is 491 g/mol. The van der Waals surface area contributed by atoms with Crippen molar-refractivity contribution in [3.63, 3.8) is 0 Å². The molecule has 0 fully saturated rings. The zero-order valence-electron chi connectivity index (χ0n) is 22.4. The highest BCUT2D eigenvalue weighted by molar-refractivity contribution is 6.74. The first-order valence-corrected chi connectivity index (χ1v) is 15.6. The third-order valence-electron chi connectivity index (χ3n) is 7.38. The Kier molecular flexibility index (Phi) is 8.76. The second-order valence-electron chi connectivity index (χ2n) is 11.2. The van der Waals surface area contributed by atoms with Gasteiger partial charge in [-0.3, -0.25) is 0 Å². The maximum Gasteiger partial charge on any atom is 0.192 e. The van der Waals surface area contributed by atoms with E-state index in [0.717, 1.165) is 16.7 Å². The number of rotatable bonds is 10. The Balaban J connectivity index is 2.03. The largest absolute Gasteiger partial charge is 0.411 e. The van der Waals surface area contributed by atoms with E-state index in [-0.39, 0.29) is 17.1 Å². The molecule has 1 N–H and O–H groups in total. The van der Waals surface area contributed by atoms with Crippen LogP contribution in [0.25, 0.3) is 0 Å². The second-order valence-corrected chi connectivity index (χ2v) is 15.9. The quantitative estimate of drug-likeness (QED) is 0.238. The molecule has 3 aromatic rings. The smallest absolute Gasteiger partial charge is 0.192 e. The van der Waals surface area contributed by atoms with E-state index in [1.807, 2.05) is 25.1 Å². The van der Waals surface area contributed by atoms with Crippen LogP contribution in [-0.2, 0) is 14.8 Å². The summed E-state index contributed by atoms with van der Waals surface area (Å²) in [4.78, 5) is 0. The molecule has 0 amide bonds. The molecule has 0 unspecified atom stereocenters. The molecule has 3 rings (SSSR count). The maximum absolute atomic E-state index is 10.7. The summed E-state index contributed by atoms with van der Waals surface area (Å²) in [5.74, 6) is -0.0142. The summed E-state index contributed by atoms with van der Waals surface area (Å²) in [6.45, 7) is 15.5. The van der Waals surface area contributed by atoms with Gasteiger partial charge in [0.1, 0.15) is 5.60 Å². The van der Waals surface area contributed by atoms with E-state index in [9.17, 15) is 5.11 Å². The number of ether oxygens (including phenoxy) is 1. The van der Waals surface area contributed by atoms with Crippen LogP contribution in [0.3, 0.4) is 0 Å². The third kappa shape index (κ3) is 6.12. The van der Waals surface area contributed by atoms with Crippen molar-refractivity contribution in [2.45, 2.75) is 70.6 Å². The van der Waals surface area contributed by atoms with Crippen molar-refractivity contribution in [2.75, 3.05) is 6.61 Å². The Bertz CT molecular complexity index is 930. The number of aliphatic hydroxyl groups is 1. The van der Waals surface area contributed by atoms with Gasteiger partial charge in [0.15, 0.2) is 8.32 Å². The molecular weight excluding hydrogens is 448 g/mol. The lowest BCUT2D eigenvalue weighted by atomic mass is 9.80. The van der Waals surface area contributed by atoms with Gasteiger partial charge in [-0.1, -0.05) is 119 Å². The Morgan fingerprint density at radius 1 is 0.714 bits per heavy atom. The molecule has 4 heteroatoms. The zero-order valence-corrected chi connectivity index (χ0v) is 23.4. The summed E-state index contributed by atoms with van der Waals surface area (Å²) in [5, 5.41) is 10.8. The van der Waals surface area contributed by atoms with Crippen molar-refractivity contribution >= 4 is 8.32 Å². The summed E-state index contributed by atoms with van der Waals surface area (Å²) >= 11 is 0. The van der Waals surface area contributed by atoms with Crippen molar-refractivity contribution in [1.82, 2.24) is 0 Å². The molecule has 0 spiro atoms. The second kappa shape index (κ2) is 11.2. The van der Waals surface area contributed by atoms with Crippen molar-refractivity contribution in [1.29, 1.82) is 0 Å². The molecule has 0 heterocycles. The summed E-state index contributed by atoms with van der Waals surface area (Å²) in [5.41, 5.74) is 2.44. The maximum atomic E-state index is 10.7. The molecule has 0 radical (unpaired) electrons. The molecule has 0 bridgehead atoms. The Hall–Kier alpha value is -2.24. The van der Waals surface area contributed by atoms with E-state index in [2.05, 4.69) is 114 Å². The SMILES string of the molecule is C[C@@H](O)[C@H](O[Si](C)(C)C(C)(C)C)[C@@H](C)COC(c1ccccc1)(c1ccccc1)c1ccccc1. The van der Waals surface area contributed by atoms with E-state index < -0.39 is 20.0 Å². The first-order valence-electron chi connectivity index (χ1n) is 12.7. The molecular formula is C31H42O3Si. The standard InChI is InChI=1S/C31H42O3Si/c1-24(29(25(2)32)34-35(6,7)30(3,4)5)23-33-31(26-17-11-8-12-18-26,27-19-13-9-14-20-27)28-21-15-10-16-22-28/h8-22,24-25,29,32H,23H2,1-7H3/t24-,25+,29+/m0/s1. The fourth-order valence-electron chi connectivity index (χ4n) is 4.33. The van der Waals surface area contributed by atoms with Crippen LogP contribution in [-0.4, -0.2) is 32.2 Å². The minimum atomic E-state index is -2.08. The van der Waals surface area contributed by atoms with Crippen LogP contribution in [0.5, 0.6) is 0 Å². The fourth-order valence-corrected chi connectivity index (χ4v) is 5.79. The molecule has 0 aliphatic heterocycles. The van der Waals surface area contributed by atoms with Gasteiger partial charge in [0.25, 0.3) is 0 Å². The van der Waals surface area contributed by atoms with Crippen LogP contribution in [0.15, 0.2) is 91.0 Å². The molecule has 0 aromatic heterocycles. The molecule has 3 aromatic carbocycles. The van der Waals surface area contributed by atoms with Gasteiger partial charge in [-0.2, -0.15) is 0 Å². The predicted octanol–water partition coefficient (Wildman–Crippen LogP) is 7.40. The van der Waals surface area contributed by atoms with Crippen LogP contribution in [0.4, 0.5) is 0 Å². The van der Waals surface area contributed by atoms with Crippen molar-refractivity contribution in [3.05, 3.63) is 108 Å². The van der Waals surface area contributed by atoms with Crippen molar-refractivity contribution in [3.8, 4) is 0 Å². The van der Waals surface area contributed by atoms with Gasteiger partial charge in [-0.25, -0.2) is 0 Å². The Morgan fingerprint density at radius 2 is 1.09 bits per heavy atom. The Labute approximate surface area is 213 Å². The van der Waals surface area contributed by atoms with Crippen LogP contribution in [0, 0.1) is 5.92 Å². The van der Waals surface area contributed by atoms with Gasteiger partial charge in [0.2, 0.25) is 0 Å². The molecule has 35 heavy (non-hydrogen) atoms. The van der Waals surface area contributed by atoms with Crippen molar-refractivity contribution < 1.29 is 14.3 Å². The first-order chi connectivity index (χ1) is 16.5. The molecule has 0 saturated heterocycles. The number of hydrogen-bond donors (Lipinski definition) is 1. The summed E-state index contributed by atoms with van der Waals surface area (Å²) in [6, 6.07) is 31.2. The lowest BCUT2D eigenvalue weighted by Crippen LogP contribution is -2.49. The van der Waals surface area contributed by atoms with Gasteiger partial charge >= 0.3 is 0 Å².